The summed E-state index contributed by atoms with van der Waals surface area (Å²) in [6.45, 7) is 1.91. The molecule has 1 fully saturated rings. The lowest BCUT2D eigenvalue weighted by Crippen LogP contribution is -2.31. The Hall–Kier alpha value is -2.83. The number of aliphatic hydroxyl groups excluding tert-OH is 1. The highest BCUT2D eigenvalue weighted by Crippen LogP contribution is 2.39. The van der Waals surface area contributed by atoms with Crippen LogP contribution >= 0.6 is 23.1 Å². The van der Waals surface area contributed by atoms with Gasteiger partial charge in [-0.1, -0.05) is 59.5 Å². The monoisotopic (exact) mass is 543 g/mol. The number of hydrogen-bond acceptors (Lipinski definition) is 9. The molecule has 2 aromatic carbocycles. The normalized spacial score (nSPS) is 19.5. The zero-order chi connectivity index (χ0) is 26.2. The number of carboxylic acid groups (broad SMARTS) is 1. The molecule has 4 rings (SSSR count). The Bertz CT molecular complexity index is 1190. The number of rotatable bonds is 11. The molecular formula is C26H29N3O6S2. The first-order chi connectivity index (χ1) is 17.9. The van der Waals surface area contributed by atoms with Crippen LogP contribution in [0.2, 0.25) is 0 Å². The topological polar surface area (TPSA) is 131 Å². The van der Waals surface area contributed by atoms with Crippen molar-refractivity contribution < 1.29 is 29.3 Å². The van der Waals surface area contributed by atoms with Crippen molar-refractivity contribution in [3.63, 3.8) is 0 Å². The molecule has 0 aliphatic carbocycles. The van der Waals surface area contributed by atoms with E-state index in [1.807, 2.05) is 43.3 Å². The number of aryl methyl sites for hydroxylation is 1. The molecule has 3 atom stereocenters. The van der Waals surface area contributed by atoms with E-state index in [1.54, 1.807) is 35.2 Å². The second kappa shape index (κ2) is 13.1. The zero-order valence-corrected chi connectivity index (χ0v) is 22.0. The maximum absolute atomic E-state index is 12.1. The number of carbonyl (C=O) groups excluding carboxylic acids is 1. The van der Waals surface area contributed by atoms with E-state index in [4.69, 9.17) is 14.6 Å². The second-order valence-corrected chi connectivity index (χ2v) is 11.1. The first kappa shape index (κ1) is 27.2. The van der Waals surface area contributed by atoms with Gasteiger partial charge in [0.05, 0.1) is 18.8 Å². The van der Waals surface area contributed by atoms with E-state index in [0.717, 1.165) is 26.0 Å². The molecule has 196 valence electrons. The molecule has 1 aromatic heterocycles. The lowest BCUT2D eigenvalue weighted by molar-refractivity contribution is -0.245. The number of benzene rings is 2. The molecular weight excluding hydrogens is 514 g/mol. The van der Waals surface area contributed by atoms with Crippen molar-refractivity contribution in [1.82, 2.24) is 10.2 Å². The molecule has 2 heterocycles. The lowest BCUT2D eigenvalue weighted by atomic mass is 10.0. The molecule has 3 aromatic rings. The number of carbonyl (C=O) groups is 2. The van der Waals surface area contributed by atoms with E-state index in [1.165, 1.54) is 0 Å². The number of thioether (sulfide) groups is 1. The highest BCUT2D eigenvalue weighted by Gasteiger charge is 2.32. The van der Waals surface area contributed by atoms with Crippen molar-refractivity contribution in [2.24, 2.45) is 0 Å². The summed E-state index contributed by atoms with van der Waals surface area (Å²) in [5.74, 6) is -0.443. The van der Waals surface area contributed by atoms with Crippen LogP contribution in [0.4, 0.5) is 5.69 Å². The van der Waals surface area contributed by atoms with Crippen LogP contribution in [0.15, 0.2) is 52.9 Å². The molecule has 0 bridgehead atoms. The van der Waals surface area contributed by atoms with E-state index < -0.39 is 12.3 Å². The van der Waals surface area contributed by atoms with Gasteiger partial charge in [0, 0.05) is 36.3 Å². The molecule has 0 radical (unpaired) electrons. The summed E-state index contributed by atoms with van der Waals surface area (Å²) in [6.07, 6.45) is 0.186. The Labute approximate surface area is 223 Å². The number of nitrogens with zero attached hydrogens (tertiary/aromatic N) is 2. The van der Waals surface area contributed by atoms with Gasteiger partial charge in [-0.05, 0) is 36.6 Å². The van der Waals surface area contributed by atoms with Crippen LogP contribution < -0.4 is 5.32 Å². The Morgan fingerprint density at radius 2 is 1.78 bits per heavy atom. The first-order valence-electron chi connectivity index (χ1n) is 11.9. The summed E-state index contributed by atoms with van der Waals surface area (Å²) in [5, 5.41) is 30.1. The molecule has 3 unspecified atom stereocenters. The van der Waals surface area contributed by atoms with Crippen LogP contribution in [0.1, 0.15) is 59.8 Å². The molecule has 3 N–H and O–H groups in total. The standard InChI is InChI=1S/C26H29N3O6S2/c1-16-28-29-26(37-16)36-15-21-13-22(18-7-5-17(14-30)6-8-18)35-25(34-21)19-9-11-20(12-10-19)27-23(31)3-2-4-24(32)33/h5-12,21-22,25,30H,2-4,13-15H2,1H3,(H,27,31)(H,32,33). The number of aliphatic carboxylic acids is 1. The largest absolute Gasteiger partial charge is 0.481 e. The summed E-state index contributed by atoms with van der Waals surface area (Å²) >= 11 is 3.17. The van der Waals surface area contributed by atoms with Crippen LogP contribution in [0.3, 0.4) is 0 Å². The van der Waals surface area contributed by atoms with Gasteiger partial charge in [0.2, 0.25) is 5.91 Å². The summed E-state index contributed by atoms with van der Waals surface area (Å²) in [5.41, 5.74) is 3.29. The molecule has 11 heteroatoms. The average molecular weight is 544 g/mol. The van der Waals surface area contributed by atoms with Crippen LogP contribution in [0.25, 0.3) is 0 Å². The van der Waals surface area contributed by atoms with Crippen molar-refractivity contribution >= 4 is 40.7 Å². The third kappa shape index (κ3) is 8.08. The van der Waals surface area contributed by atoms with E-state index in [0.29, 0.717) is 24.3 Å². The molecule has 1 aliphatic heterocycles. The molecule has 1 saturated heterocycles. The summed E-state index contributed by atoms with van der Waals surface area (Å²) < 4.78 is 13.6. The zero-order valence-electron chi connectivity index (χ0n) is 20.3. The Kier molecular flexibility index (Phi) is 9.64. The SMILES string of the molecule is Cc1nnc(SCC2CC(c3ccc(CO)cc3)OC(c3ccc(NC(=O)CCCC(=O)O)cc3)O2)s1. The van der Waals surface area contributed by atoms with E-state index >= 15 is 0 Å². The smallest absolute Gasteiger partial charge is 0.303 e. The van der Waals surface area contributed by atoms with Gasteiger partial charge < -0.3 is 25.0 Å². The highest BCUT2D eigenvalue weighted by molar-refractivity contribution is 8.01. The minimum atomic E-state index is -0.914. The van der Waals surface area contributed by atoms with Crippen molar-refractivity contribution in [2.45, 2.75) is 62.1 Å². The molecule has 9 nitrogen and oxygen atoms in total. The molecule has 0 saturated carbocycles. The maximum atomic E-state index is 12.1. The van der Waals surface area contributed by atoms with Crippen molar-refractivity contribution in [3.05, 3.63) is 70.2 Å². The van der Waals surface area contributed by atoms with Crippen molar-refractivity contribution in [2.75, 3.05) is 11.1 Å². The van der Waals surface area contributed by atoms with Crippen LogP contribution in [0.5, 0.6) is 0 Å². The molecule has 37 heavy (non-hydrogen) atoms. The Morgan fingerprint density at radius 3 is 2.43 bits per heavy atom. The number of anilines is 1. The lowest BCUT2D eigenvalue weighted by Gasteiger charge is -2.36. The predicted octanol–water partition coefficient (Wildman–Crippen LogP) is 4.87. The first-order valence-corrected chi connectivity index (χ1v) is 13.7. The fourth-order valence-corrected chi connectivity index (χ4v) is 5.73. The van der Waals surface area contributed by atoms with Crippen molar-refractivity contribution in [1.29, 1.82) is 0 Å². The van der Waals surface area contributed by atoms with E-state index in [-0.39, 0.29) is 37.6 Å². The Balaban J connectivity index is 1.43. The minimum Gasteiger partial charge on any atom is -0.481 e. The maximum Gasteiger partial charge on any atom is 0.303 e. The fraction of sp³-hybridized carbons (Fsp3) is 0.385. The van der Waals surface area contributed by atoms with E-state index in [9.17, 15) is 14.7 Å². The van der Waals surface area contributed by atoms with Gasteiger partial charge in [0.25, 0.3) is 0 Å². The number of hydrogen-bond donors (Lipinski definition) is 3. The molecule has 1 amide bonds. The molecule has 1 aliphatic rings. The average Bonchev–Trinajstić information content (AvgIpc) is 3.32. The number of nitrogens with one attached hydrogen (secondary N) is 1. The van der Waals surface area contributed by atoms with Gasteiger partial charge in [0.1, 0.15) is 5.01 Å². The van der Waals surface area contributed by atoms with E-state index in [2.05, 4.69) is 15.5 Å². The van der Waals surface area contributed by atoms with Gasteiger partial charge in [-0.25, -0.2) is 0 Å². The number of aromatic nitrogens is 2. The number of ether oxygens (including phenoxy) is 2. The molecule has 0 spiro atoms. The van der Waals surface area contributed by atoms with Crippen LogP contribution in [-0.2, 0) is 25.7 Å². The van der Waals surface area contributed by atoms with Gasteiger partial charge in [-0.3, -0.25) is 9.59 Å². The summed E-state index contributed by atoms with van der Waals surface area (Å²) in [6, 6.07) is 15.0. The van der Waals surface area contributed by atoms with Crippen LogP contribution in [-0.4, -0.2) is 44.1 Å². The third-order valence-electron chi connectivity index (χ3n) is 5.78. The second-order valence-electron chi connectivity index (χ2n) is 8.67. The number of amides is 1. The fourth-order valence-electron chi connectivity index (χ4n) is 3.87. The third-order valence-corrected chi connectivity index (χ3v) is 7.88. The van der Waals surface area contributed by atoms with Gasteiger partial charge >= 0.3 is 5.97 Å². The van der Waals surface area contributed by atoms with Crippen LogP contribution in [0, 0.1) is 6.92 Å². The summed E-state index contributed by atoms with van der Waals surface area (Å²) in [4.78, 5) is 22.7. The van der Waals surface area contributed by atoms with Gasteiger partial charge in [0.15, 0.2) is 10.6 Å². The highest BCUT2D eigenvalue weighted by atomic mass is 32.2. The summed E-state index contributed by atoms with van der Waals surface area (Å²) in [7, 11) is 0. The van der Waals surface area contributed by atoms with Gasteiger partial charge in [-0.2, -0.15) is 0 Å². The Morgan fingerprint density at radius 1 is 1.05 bits per heavy atom. The number of aliphatic hydroxyl groups is 1. The predicted molar refractivity (Wildman–Crippen MR) is 140 cm³/mol. The van der Waals surface area contributed by atoms with Crippen molar-refractivity contribution in [3.8, 4) is 0 Å². The van der Waals surface area contributed by atoms with Gasteiger partial charge in [-0.15, -0.1) is 10.2 Å². The quantitative estimate of drug-likeness (QED) is 0.290. The number of carboxylic acids is 1. The minimum absolute atomic E-state index is 0.0134.